The molecule has 10 heteroatoms. The zero-order valence-corrected chi connectivity index (χ0v) is 24.6. The van der Waals surface area contributed by atoms with Gasteiger partial charge in [0, 0.05) is 0 Å². The fourth-order valence-electron chi connectivity index (χ4n) is 4.35. The number of hydrogen-bond donors (Lipinski definition) is 1. The summed E-state index contributed by atoms with van der Waals surface area (Å²) >= 11 is 3.47. The van der Waals surface area contributed by atoms with Crippen LogP contribution in [0.25, 0.3) is 6.08 Å². The van der Waals surface area contributed by atoms with Crippen LogP contribution in [0.15, 0.2) is 101 Å². The molecule has 43 heavy (non-hydrogen) atoms. The summed E-state index contributed by atoms with van der Waals surface area (Å²) < 4.78 is 31.6. The molecule has 0 aliphatic carbocycles. The third-order valence-corrected chi connectivity index (χ3v) is 6.95. The molecule has 1 aliphatic rings. The number of nitrogens with zero attached hydrogens (tertiary/aromatic N) is 1. The van der Waals surface area contributed by atoms with Crippen molar-refractivity contribution in [3.05, 3.63) is 124 Å². The fourth-order valence-corrected chi connectivity index (χ4v) is 4.92. The van der Waals surface area contributed by atoms with Crippen molar-refractivity contribution < 1.29 is 33.0 Å². The quantitative estimate of drug-likeness (QED) is 0.151. The van der Waals surface area contributed by atoms with E-state index in [1.54, 1.807) is 55.5 Å². The summed E-state index contributed by atoms with van der Waals surface area (Å²) in [5.74, 6) is -0.705. The molecule has 0 radical (unpaired) electrons. The van der Waals surface area contributed by atoms with Gasteiger partial charge >= 0.3 is 6.03 Å². The maximum Gasteiger partial charge on any atom is 0.335 e. The smallest absolute Gasteiger partial charge is 0.335 e. The van der Waals surface area contributed by atoms with E-state index in [1.807, 2.05) is 30.3 Å². The van der Waals surface area contributed by atoms with Gasteiger partial charge in [0.15, 0.2) is 11.5 Å². The Kier molecular flexibility index (Phi) is 9.17. The first-order chi connectivity index (χ1) is 20.8. The van der Waals surface area contributed by atoms with E-state index >= 15 is 0 Å². The predicted molar refractivity (Wildman–Crippen MR) is 162 cm³/mol. The van der Waals surface area contributed by atoms with Gasteiger partial charge in [-0.05, 0) is 94.2 Å². The second kappa shape index (κ2) is 13.3. The second-order valence-electron chi connectivity index (χ2n) is 9.41. The molecule has 4 aromatic carbocycles. The molecule has 4 amide bonds. The Bertz CT molecular complexity index is 1690. The van der Waals surface area contributed by atoms with E-state index in [1.165, 1.54) is 18.2 Å². The first-order valence-corrected chi connectivity index (χ1v) is 14.1. The Labute approximate surface area is 255 Å². The molecule has 1 N–H and O–H groups in total. The fraction of sp³-hybridized carbons (Fsp3) is 0.121. The highest BCUT2D eigenvalue weighted by atomic mass is 79.9. The summed E-state index contributed by atoms with van der Waals surface area (Å²) in [4.78, 5) is 39.8. The Morgan fingerprint density at radius 2 is 1.56 bits per heavy atom. The first kappa shape index (κ1) is 29.5. The van der Waals surface area contributed by atoms with Gasteiger partial charge in [0.25, 0.3) is 11.8 Å². The van der Waals surface area contributed by atoms with Gasteiger partial charge in [-0.15, -0.1) is 0 Å². The summed E-state index contributed by atoms with van der Waals surface area (Å²) in [6.07, 6.45) is 1.37. The lowest BCUT2D eigenvalue weighted by Crippen LogP contribution is -2.54. The van der Waals surface area contributed by atoms with Crippen molar-refractivity contribution >= 4 is 45.5 Å². The number of hydrogen-bond acceptors (Lipinski definition) is 6. The van der Waals surface area contributed by atoms with E-state index in [0.29, 0.717) is 46.1 Å². The Morgan fingerprint density at radius 1 is 0.837 bits per heavy atom. The lowest BCUT2D eigenvalue weighted by atomic mass is 10.1. The molecular formula is C33H26BrFN2O6. The van der Waals surface area contributed by atoms with E-state index in [4.69, 9.17) is 14.2 Å². The topological polar surface area (TPSA) is 94.2 Å². The molecule has 1 heterocycles. The molecule has 0 bridgehead atoms. The molecule has 0 aromatic heterocycles. The van der Waals surface area contributed by atoms with Crippen molar-refractivity contribution in [2.24, 2.45) is 0 Å². The molecule has 0 atom stereocenters. The third-order valence-electron chi connectivity index (χ3n) is 6.36. The number of carbonyl (C=O) groups excluding carboxylic acids is 3. The van der Waals surface area contributed by atoms with Crippen LogP contribution >= 0.6 is 15.9 Å². The number of anilines is 1. The first-order valence-electron chi connectivity index (χ1n) is 13.3. The Balaban J connectivity index is 1.36. The van der Waals surface area contributed by atoms with E-state index in [-0.39, 0.29) is 23.7 Å². The largest absolute Gasteiger partial charge is 0.490 e. The average molecular weight is 645 g/mol. The molecule has 0 unspecified atom stereocenters. The summed E-state index contributed by atoms with van der Waals surface area (Å²) in [6.45, 7) is 2.56. The molecule has 218 valence electrons. The van der Waals surface area contributed by atoms with Crippen LogP contribution in [0.3, 0.4) is 0 Å². The number of rotatable bonds is 10. The number of urea groups is 1. The van der Waals surface area contributed by atoms with Crippen LogP contribution in [0.5, 0.6) is 17.2 Å². The Hall–Kier alpha value is -4.96. The maximum atomic E-state index is 13.6. The van der Waals surface area contributed by atoms with Gasteiger partial charge in [-0.1, -0.05) is 42.5 Å². The molecule has 1 fully saturated rings. The maximum absolute atomic E-state index is 13.6. The van der Waals surface area contributed by atoms with Crippen molar-refractivity contribution in [1.29, 1.82) is 0 Å². The van der Waals surface area contributed by atoms with E-state index in [2.05, 4.69) is 21.2 Å². The lowest BCUT2D eigenvalue weighted by molar-refractivity contribution is -0.122. The SMILES string of the molecule is CCOc1cc(/C=C2\C(=O)NC(=O)N(c3ccc(OCc4ccccc4)cc3)C2=O)cc(Br)c1OCc1cccc(F)c1. The highest BCUT2D eigenvalue weighted by Gasteiger charge is 2.37. The molecule has 8 nitrogen and oxygen atoms in total. The molecule has 0 spiro atoms. The van der Waals surface area contributed by atoms with Crippen LogP contribution in [-0.4, -0.2) is 24.5 Å². The summed E-state index contributed by atoms with van der Waals surface area (Å²) in [6, 6.07) is 24.5. The van der Waals surface area contributed by atoms with E-state index in [9.17, 15) is 18.8 Å². The van der Waals surface area contributed by atoms with Crippen LogP contribution in [0.2, 0.25) is 0 Å². The van der Waals surface area contributed by atoms with Crippen LogP contribution in [0, 0.1) is 5.82 Å². The normalized spacial score (nSPS) is 14.1. The van der Waals surface area contributed by atoms with Crippen molar-refractivity contribution in [3.8, 4) is 17.2 Å². The second-order valence-corrected chi connectivity index (χ2v) is 10.3. The van der Waals surface area contributed by atoms with Gasteiger partial charge in [0.2, 0.25) is 0 Å². The molecule has 5 rings (SSSR count). The number of nitrogens with one attached hydrogen (secondary N) is 1. The molecule has 1 saturated heterocycles. The zero-order valence-electron chi connectivity index (χ0n) is 23.0. The highest BCUT2D eigenvalue weighted by Crippen LogP contribution is 2.38. The van der Waals surface area contributed by atoms with Gasteiger partial charge in [0.1, 0.15) is 30.4 Å². The van der Waals surface area contributed by atoms with E-state index in [0.717, 1.165) is 10.5 Å². The van der Waals surface area contributed by atoms with Gasteiger partial charge in [-0.2, -0.15) is 0 Å². The molecule has 4 aromatic rings. The average Bonchev–Trinajstić information content (AvgIpc) is 2.99. The lowest BCUT2D eigenvalue weighted by Gasteiger charge is -2.26. The Morgan fingerprint density at radius 3 is 2.28 bits per heavy atom. The van der Waals surface area contributed by atoms with Gasteiger partial charge < -0.3 is 14.2 Å². The summed E-state index contributed by atoms with van der Waals surface area (Å²) in [7, 11) is 0. The van der Waals surface area contributed by atoms with E-state index < -0.39 is 17.8 Å². The number of ether oxygens (including phenoxy) is 3. The number of amides is 4. The number of benzene rings is 4. The summed E-state index contributed by atoms with van der Waals surface area (Å²) in [5.41, 5.74) is 2.10. The van der Waals surface area contributed by atoms with Crippen molar-refractivity contribution in [1.82, 2.24) is 5.32 Å². The third kappa shape index (κ3) is 7.10. The number of barbiturate groups is 1. The molecule has 1 aliphatic heterocycles. The van der Waals surface area contributed by atoms with Crippen molar-refractivity contribution in [2.75, 3.05) is 11.5 Å². The van der Waals surface area contributed by atoms with Crippen LogP contribution in [0.1, 0.15) is 23.6 Å². The van der Waals surface area contributed by atoms with Crippen LogP contribution < -0.4 is 24.4 Å². The zero-order chi connectivity index (χ0) is 30.3. The minimum atomic E-state index is -0.859. The molecular weight excluding hydrogens is 619 g/mol. The van der Waals surface area contributed by atoms with Crippen molar-refractivity contribution in [3.63, 3.8) is 0 Å². The standard InChI is InChI=1S/C33H26BrFN2O6/c1-2-41-29-18-23(17-28(34)30(29)43-20-22-9-6-10-24(35)15-22)16-27-31(38)36-33(40)37(32(27)39)25-11-13-26(14-12-25)42-19-21-7-4-3-5-8-21/h3-18H,2,19-20H2,1H3,(H,36,38,40)/b27-16+. The minimum absolute atomic E-state index is 0.0882. The van der Waals surface area contributed by atoms with Crippen LogP contribution in [0.4, 0.5) is 14.9 Å². The van der Waals surface area contributed by atoms with Gasteiger partial charge in [-0.25, -0.2) is 14.1 Å². The van der Waals surface area contributed by atoms with Crippen LogP contribution in [-0.2, 0) is 22.8 Å². The monoisotopic (exact) mass is 644 g/mol. The van der Waals surface area contributed by atoms with Crippen molar-refractivity contribution in [2.45, 2.75) is 20.1 Å². The predicted octanol–water partition coefficient (Wildman–Crippen LogP) is 6.81. The number of imide groups is 2. The minimum Gasteiger partial charge on any atom is -0.490 e. The van der Waals surface area contributed by atoms with Gasteiger partial charge in [-0.3, -0.25) is 14.9 Å². The number of halogens is 2. The highest BCUT2D eigenvalue weighted by molar-refractivity contribution is 9.10. The molecule has 0 saturated carbocycles. The summed E-state index contributed by atoms with van der Waals surface area (Å²) in [5, 5.41) is 2.23. The number of carbonyl (C=O) groups is 3. The van der Waals surface area contributed by atoms with Gasteiger partial charge in [0.05, 0.1) is 16.8 Å².